The first-order valence-electron chi connectivity index (χ1n) is 12.3. The summed E-state index contributed by atoms with van der Waals surface area (Å²) in [6.45, 7) is 9.04. The molecule has 0 aliphatic carbocycles. The number of benzene rings is 2. The smallest absolute Gasteiger partial charge is 0.269 e. The fourth-order valence-electron chi connectivity index (χ4n) is 4.39. The van der Waals surface area contributed by atoms with Crippen molar-refractivity contribution in [3.63, 3.8) is 0 Å². The van der Waals surface area contributed by atoms with Gasteiger partial charge in [0.2, 0.25) is 0 Å². The topological polar surface area (TPSA) is 119 Å². The van der Waals surface area contributed by atoms with Gasteiger partial charge in [0, 0.05) is 47.6 Å². The zero-order valence-corrected chi connectivity index (χ0v) is 22.4. The summed E-state index contributed by atoms with van der Waals surface area (Å²) in [6, 6.07) is 17.6. The molecule has 1 fully saturated rings. The molecule has 9 nitrogen and oxygen atoms in total. The first-order chi connectivity index (χ1) is 18.8. The average molecular weight is 542 g/mol. The van der Waals surface area contributed by atoms with E-state index >= 15 is 0 Å². The van der Waals surface area contributed by atoms with Crippen LogP contribution in [0.3, 0.4) is 0 Å². The average Bonchev–Trinajstić information content (AvgIpc) is 3.34. The third-order valence-corrected chi connectivity index (χ3v) is 8.38. The van der Waals surface area contributed by atoms with Crippen molar-refractivity contribution in [3.05, 3.63) is 78.1 Å². The number of aromatic nitrogens is 2. The van der Waals surface area contributed by atoms with E-state index in [4.69, 9.17) is 9.47 Å². The molecule has 1 unspecified atom stereocenters. The van der Waals surface area contributed by atoms with Crippen LogP contribution < -0.4 is 4.74 Å². The van der Waals surface area contributed by atoms with E-state index in [1.54, 1.807) is 61.1 Å². The van der Waals surface area contributed by atoms with Gasteiger partial charge in [-0.25, -0.2) is 17.4 Å². The maximum Gasteiger partial charge on any atom is 0.269 e. The number of pyridine rings is 1. The highest BCUT2D eigenvalue weighted by Crippen LogP contribution is 2.36. The van der Waals surface area contributed by atoms with Gasteiger partial charge in [0.1, 0.15) is 11.8 Å². The van der Waals surface area contributed by atoms with Gasteiger partial charge in [0.05, 0.1) is 30.3 Å². The Hall–Kier alpha value is -4.33. The summed E-state index contributed by atoms with van der Waals surface area (Å²) in [6.07, 6.45) is 4.82. The van der Waals surface area contributed by atoms with Gasteiger partial charge in [0.25, 0.3) is 10.0 Å². The van der Waals surface area contributed by atoms with E-state index in [0.29, 0.717) is 47.6 Å². The summed E-state index contributed by atoms with van der Waals surface area (Å²) >= 11 is 0. The van der Waals surface area contributed by atoms with Crippen molar-refractivity contribution in [3.8, 4) is 22.9 Å². The molecule has 0 amide bonds. The Bertz CT molecular complexity index is 1720. The summed E-state index contributed by atoms with van der Waals surface area (Å²) in [4.78, 5) is 4.70. The molecule has 5 rings (SSSR count). The highest BCUT2D eigenvalue weighted by atomic mass is 32.2. The number of hydrogen-bond acceptors (Lipinski definition) is 8. The second-order valence-corrected chi connectivity index (χ2v) is 11.7. The van der Waals surface area contributed by atoms with Gasteiger partial charge in [-0.15, -0.1) is 0 Å². The zero-order chi connectivity index (χ0) is 27.6. The molecular formula is C29H27N5O4S. The van der Waals surface area contributed by atoms with Crippen LogP contribution in [0, 0.1) is 16.7 Å². The van der Waals surface area contributed by atoms with E-state index < -0.39 is 10.0 Å². The van der Waals surface area contributed by atoms with Crippen molar-refractivity contribution in [2.75, 3.05) is 19.8 Å². The Kier molecular flexibility index (Phi) is 7.04. The Morgan fingerprint density at radius 2 is 2.03 bits per heavy atom. The minimum atomic E-state index is -3.94. The fourth-order valence-corrected chi connectivity index (χ4v) is 5.74. The van der Waals surface area contributed by atoms with Gasteiger partial charge in [-0.3, -0.25) is 0 Å². The molecule has 2 aromatic heterocycles. The van der Waals surface area contributed by atoms with E-state index in [1.807, 2.05) is 19.1 Å². The first kappa shape index (κ1) is 26.3. The number of rotatable bonds is 9. The fraction of sp³-hybridized carbons (Fsp3) is 0.241. The number of hydrogen-bond donors (Lipinski definition) is 0. The second kappa shape index (κ2) is 10.4. The van der Waals surface area contributed by atoms with E-state index in [0.717, 1.165) is 5.56 Å². The van der Waals surface area contributed by atoms with Crippen LogP contribution in [0.2, 0.25) is 0 Å². The monoisotopic (exact) mass is 541 g/mol. The summed E-state index contributed by atoms with van der Waals surface area (Å²) < 4.78 is 39.7. The normalized spacial score (nSPS) is 15.5. The van der Waals surface area contributed by atoms with E-state index in [2.05, 4.69) is 34.9 Å². The predicted octanol–water partition coefficient (Wildman–Crippen LogP) is 5.02. The minimum Gasteiger partial charge on any atom is -0.491 e. The van der Waals surface area contributed by atoms with Crippen LogP contribution in [-0.2, 0) is 14.8 Å². The van der Waals surface area contributed by atoms with Crippen molar-refractivity contribution in [1.82, 2.24) is 8.96 Å². The van der Waals surface area contributed by atoms with Crippen LogP contribution >= 0.6 is 0 Å². The zero-order valence-electron chi connectivity index (χ0n) is 21.6. The second-order valence-electron chi connectivity index (χ2n) is 9.91. The largest absolute Gasteiger partial charge is 0.491 e. The van der Waals surface area contributed by atoms with Crippen molar-refractivity contribution in [2.45, 2.75) is 24.7 Å². The molecule has 1 aliphatic rings. The molecule has 2 aromatic carbocycles. The lowest BCUT2D eigenvalue weighted by molar-refractivity contribution is -0.120. The lowest BCUT2D eigenvalue weighted by Gasteiger charge is -2.37. The van der Waals surface area contributed by atoms with Crippen LogP contribution in [0.1, 0.15) is 30.9 Å². The number of nitrogens with zero attached hydrogens (tertiary/aromatic N) is 5. The summed E-state index contributed by atoms with van der Waals surface area (Å²) in [5.74, 6) is 0.326. The Balaban J connectivity index is 1.64. The van der Waals surface area contributed by atoms with Crippen molar-refractivity contribution in [2.24, 2.45) is 15.6 Å². The molecule has 1 saturated heterocycles. The maximum absolute atomic E-state index is 13.6. The summed E-state index contributed by atoms with van der Waals surface area (Å²) in [7, 11) is -3.94. The van der Waals surface area contributed by atoms with Gasteiger partial charge < -0.3 is 9.47 Å². The molecule has 0 spiro atoms. The molecule has 1 aliphatic heterocycles. The van der Waals surface area contributed by atoms with E-state index in [9.17, 15) is 13.7 Å². The van der Waals surface area contributed by atoms with Crippen LogP contribution in [0.5, 0.6) is 5.75 Å². The van der Waals surface area contributed by atoms with Crippen molar-refractivity contribution < 1.29 is 17.9 Å². The van der Waals surface area contributed by atoms with Crippen LogP contribution in [0.25, 0.3) is 22.2 Å². The third-order valence-electron chi connectivity index (χ3n) is 6.72. The Labute approximate surface area is 227 Å². The molecule has 0 bridgehead atoms. The molecule has 39 heavy (non-hydrogen) atoms. The molecule has 0 saturated carbocycles. The lowest BCUT2D eigenvalue weighted by Crippen LogP contribution is -2.44. The maximum atomic E-state index is 13.6. The summed E-state index contributed by atoms with van der Waals surface area (Å²) in [5.41, 5.74) is 2.66. The molecule has 10 heteroatoms. The van der Waals surface area contributed by atoms with Crippen molar-refractivity contribution in [1.29, 1.82) is 5.26 Å². The highest BCUT2D eigenvalue weighted by molar-refractivity contribution is 7.90. The van der Waals surface area contributed by atoms with Crippen LogP contribution in [0.4, 0.5) is 0 Å². The summed E-state index contributed by atoms with van der Waals surface area (Å²) in [5, 5.41) is 17.9. The number of fused-ring (bicyclic) bond motifs is 1. The van der Waals surface area contributed by atoms with Gasteiger partial charge in [-0.05, 0) is 41.5 Å². The Morgan fingerprint density at radius 1 is 1.26 bits per heavy atom. The number of nitriles is 1. The predicted molar refractivity (Wildman–Crippen MR) is 150 cm³/mol. The highest BCUT2D eigenvalue weighted by Gasteiger charge is 2.34. The number of ether oxygens (including phenoxy) is 2. The van der Waals surface area contributed by atoms with E-state index in [-0.39, 0.29) is 21.9 Å². The van der Waals surface area contributed by atoms with Crippen LogP contribution in [0.15, 0.2) is 82.1 Å². The minimum absolute atomic E-state index is 0.0756. The third kappa shape index (κ3) is 5.06. The molecular weight excluding hydrogens is 514 g/mol. The first-order valence-corrected chi connectivity index (χ1v) is 13.8. The molecule has 4 aromatic rings. The van der Waals surface area contributed by atoms with Crippen molar-refractivity contribution >= 4 is 34.0 Å². The van der Waals surface area contributed by atoms with E-state index in [1.165, 1.54) is 3.97 Å². The van der Waals surface area contributed by atoms with Gasteiger partial charge in [-0.1, -0.05) is 38.1 Å². The van der Waals surface area contributed by atoms with Gasteiger partial charge in [-0.2, -0.15) is 15.5 Å². The Morgan fingerprint density at radius 3 is 2.69 bits per heavy atom. The molecule has 0 radical (unpaired) electrons. The van der Waals surface area contributed by atoms with Gasteiger partial charge >= 0.3 is 0 Å². The molecule has 3 heterocycles. The van der Waals surface area contributed by atoms with Crippen LogP contribution in [-0.4, -0.2) is 50.1 Å². The molecule has 1 atom stereocenters. The molecule has 0 N–H and O–H groups in total. The molecule has 198 valence electrons. The van der Waals surface area contributed by atoms with Gasteiger partial charge in [0.15, 0.2) is 5.65 Å². The lowest BCUT2D eigenvalue weighted by atomic mass is 9.90. The SMILES string of the molecule is C=N/N=C/C(C)c1cnc2c(c1)c(-c1ccc(OCC3(C)COC3)c(C#N)c1)cn2S(=O)(=O)c1ccccc1. The standard InChI is InChI=1S/C29H27N5O4S/c1-20(14-33-31-3)23-12-25-26(16-34(28(25)32-15-23)39(35,36)24-7-5-4-6-8-24)21-9-10-27(22(11-21)13-30)38-19-29(2)17-37-18-29/h4-12,14-16,20H,3,17-19H2,1-2H3/b33-14+. The quantitative estimate of drug-likeness (QED) is 0.217.